The summed E-state index contributed by atoms with van der Waals surface area (Å²) in [5.41, 5.74) is 13.7. The summed E-state index contributed by atoms with van der Waals surface area (Å²) in [6.07, 6.45) is 2.58. The van der Waals surface area contributed by atoms with Crippen molar-refractivity contribution in [2.24, 2.45) is 16.5 Å². The average molecular weight is 614 g/mol. The third-order valence-corrected chi connectivity index (χ3v) is 7.36. The number of nitrogens with one attached hydrogen (secondary N) is 2. The normalized spacial score (nSPS) is 13.5. The smallest absolute Gasteiger partial charge is 0.354 e. The van der Waals surface area contributed by atoms with Gasteiger partial charge in [0.2, 0.25) is 0 Å². The topological polar surface area (TPSA) is 127 Å². The molecule has 2 atom stereocenters. The van der Waals surface area contributed by atoms with Crippen molar-refractivity contribution in [3.05, 3.63) is 93.8 Å². The van der Waals surface area contributed by atoms with Gasteiger partial charge in [0.05, 0.1) is 28.3 Å². The lowest BCUT2D eigenvalue weighted by Gasteiger charge is -2.14. The Morgan fingerprint density at radius 2 is 1.95 bits per heavy atom. The molecule has 0 saturated carbocycles. The molecule has 0 amide bonds. The van der Waals surface area contributed by atoms with Crippen LogP contribution in [0.4, 0.5) is 13.2 Å². The van der Waals surface area contributed by atoms with Gasteiger partial charge in [-0.25, -0.2) is 18.0 Å². The highest BCUT2D eigenvalue weighted by atomic mass is 35.5. The maximum Gasteiger partial charge on any atom is 0.354 e. The van der Waals surface area contributed by atoms with Gasteiger partial charge in [-0.2, -0.15) is 4.98 Å². The molecule has 6 N–H and O–H groups in total. The van der Waals surface area contributed by atoms with Crippen molar-refractivity contribution in [2.75, 3.05) is 6.54 Å². The van der Waals surface area contributed by atoms with E-state index in [9.17, 15) is 13.6 Å². The highest BCUT2D eigenvalue weighted by molar-refractivity contribution is 6.31. The number of alkyl halides is 2. The van der Waals surface area contributed by atoms with Crippen LogP contribution in [0.2, 0.25) is 5.02 Å². The van der Waals surface area contributed by atoms with Gasteiger partial charge in [-0.1, -0.05) is 29.8 Å². The molecular formula is C31H35ClF3N7O. The second kappa shape index (κ2) is 14.5. The van der Waals surface area contributed by atoms with E-state index in [0.29, 0.717) is 59.7 Å². The molecule has 0 aliphatic carbocycles. The second-order valence-electron chi connectivity index (χ2n) is 10.4. The first kappa shape index (κ1) is 32.0. The summed E-state index contributed by atoms with van der Waals surface area (Å²) in [6, 6.07) is 11.1. The van der Waals surface area contributed by atoms with Gasteiger partial charge in [0.25, 0.3) is 6.43 Å². The van der Waals surface area contributed by atoms with E-state index in [4.69, 9.17) is 23.1 Å². The van der Waals surface area contributed by atoms with Gasteiger partial charge in [-0.05, 0) is 74.1 Å². The highest BCUT2D eigenvalue weighted by Gasteiger charge is 2.17. The van der Waals surface area contributed by atoms with Crippen molar-refractivity contribution in [1.82, 2.24) is 19.9 Å². The molecule has 1 unspecified atom stereocenters. The molecule has 0 spiro atoms. The maximum absolute atomic E-state index is 15.1. The van der Waals surface area contributed by atoms with E-state index < -0.39 is 24.0 Å². The molecule has 2 heterocycles. The summed E-state index contributed by atoms with van der Waals surface area (Å²) in [5, 5.41) is 3.92. The lowest BCUT2D eigenvalue weighted by Crippen LogP contribution is -2.28. The molecule has 0 fully saturated rings. The van der Waals surface area contributed by atoms with Gasteiger partial charge in [-0.3, -0.25) is 9.56 Å². The van der Waals surface area contributed by atoms with Gasteiger partial charge in [0, 0.05) is 36.3 Å². The first-order valence-electron chi connectivity index (χ1n) is 13.9. The third-order valence-electron chi connectivity index (χ3n) is 7.08. The van der Waals surface area contributed by atoms with Crippen LogP contribution in [-0.4, -0.2) is 45.4 Å². The Bertz CT molecular complexity index is 1650. The van der Waals surface area contributed by atoms with Crippen molar-refractivity contribution >= 4 is 28.5 Å². The minimum atomic E-state index is -2.60. The second-order valence-corrected chi connectivity index (χ2v) is 10.8. The van der Waals surface area contributed by atoms with E-state index >= 15 is 4.39 Å². The molecule has 0 saturated heterocycles. The van der Waals surface area contributed by atoms with E-state index in [1.807, 2.05) is 30.3 Å². The number of aryl methyl sites for hydroxylation is 1. The summed E-state index contributed by atoms with van der Waals surface area (Å²) >= 11 is 6.16. The number of halogens is 4. The number of aliphatic imine (C=N–C) groups is 1. The number of aromatic amines is 1. The third kappa shape index (κ3) is 8.34. The Labute approximate surface area is 252 Å². The number of benzene rings is 2. The van der Waals surface area contributed by atoms with Gasteiger partial charge in [0.1, 0.15) is 5.65 Å². The van der Waals surface area contributed by atoms with E-state index in [-0.39, 0.29) is 23.0 Å². The van der Waals surface area contributed by atoms with Crippen LogP contribution < -0.4 is 22.5 Å². The molecule has 4 aromatic rings. The average Bonchev–Trinajstić information content (AvgIpc) is 3.38. The molecular weight excluding hydrogens is 579 g/mol. The number of rotatable bonds is 14. The fraction of sp³-hybridized carbons (Fsp3) is 0.323. The molecule has 43 heavy (non-hydrogen) atoms. The fourth-order valence-corrected chi connectivity index (χ4v) is 4.93. The number of amidine groups is 1. The Balaban J connectivity index is 1.51. The van der Waals surface area contributed by atoms with Crippen LogP contribution in [0.3, 0.4) is 0 Å². The highest BCUT2D eigenvalue weighted by Crippen LogP contribution is 2.31. The monoisotopic (exact) mass is 613 g/mol. The standard InChI is InChI=1S/C31H35ClF3N7O/c1-3-22(11-12-38-18(2)36)39-16-19-7-9-23(10-8-19)42-17-21-15-27(40-30(21)41-31(42)43)24-13-20(14-25(32)28(24)33)5-4-6-26(37)29(34)35/h3,7-10,13-15,17,22,26,29,39H,1,4-6,11-12,16,37H2,2H3,(H2,36,38)(H,40,41,43)/t22-,26?/m0/s1. The van der Waals surface area contributed by atoms with E-state index in [1.165, 1.54) is 10.6 Å². The summed E-state index contributed by atoms with van der Waals surface area (Å²) in [5.74, 6) is -0.0901. The molecule has 0 radical (unpaired) electrons. The summed E-state index contributed by atoms with van der Waals surface area (Å²) in [6.45, 7) is 6.83. The molecule has 4 rings (SSSR count). The van der Waals surface area contributed by atoms with Gasteiger partial charge < -0.3 is 21.8 Å². The van der Waals surface area contributed by atoms with Crippen molar-refractivity contribution < 1.29 is 13.2 Å². The minimum absolute atomic E-state index is 0.0731. The Morgan fingerprint density at radius 1 is 1.21 bits per heavy atom. The first-order valence-corrected chi connectivity index (χ1v) is 14.3. The number of hydrogen-bond acceptors (Lipinski definition) is 5. The minimum Gasteiger partial charge on any atom is -0.388 e. The summed E-state index contributed by atoms with van der Waals surface area (Å²) in [4.78, 5) is 24.3. The van der Waals surface area contributed by atoms with Crippen molar-refractivity contribution in [3.63, 3.8) is 0 Å². The molecule has 12 heteroatoms. The van der Waals surface area contributed by atoms with Crippen LogP contribution in [-0.2, 0) is 13.0 Å². The first-order chi connectivity index (χ1) is 20.5. The SMILES string of the molecule is C=C[C@@H](CCN=C(C)N)NCc1ccc(-n2cc3cc(-c4cc(CCCC(N)C(F)F)cc(Cl)c4F)[nH]c3nc2=O)cc1. The summed E-state index contributed by atoms with van der Waals surface area (Å²) < 4.78 is 41.9. The molecule has 0 aliphatic heterocycles. The van der Waals surface area contributed by atoms with Crippen LogP contribution in [0.5, 0.6) is 0 Å². The molecule has 0 bridgehead atoms. The summed E-state index contributed by atoms with van der Waals surface area (Å²) in [7, 11) is 0. The number of hydrogen-bond donors (Lipinski definition) is 4. The van der Waals surface area contributed by atoms with Crippen LogP contribution in [0.1, 0.15) is 37.3 Å². The predicted molar refractivity (Wildman–Crippen MR) is 167 cm³/mol. The zero-order valence-electron chi connectivity index (χ0n) is 23.8. The van der Waals surface area contributed by atoms with Gasteiger partial charge >= 0.3 is 5.69 Å². The predicted octanol–water partition coefficient (Wildman–Crippen LogP) is 5.50. The number of fused-ring (bicyclic) bond motifs is 1. The van der Waals surface area contributed by atoms with Gasteiger partial charge in [-0.15, -0.1) is 6.58 Å². The van der Waals surface area contributed by atoms with Crippen LogP contribution in [0.25, 0.3) is 28.0 Å². The van der Waals surface area contributed by atoms with Crippen LogP contribution >= 0.6 is 11.6 Å². The van der Waals surface area contributed by atoms with Crippen molar-refractivity contribution in [3.8, 4) is 16.9 Å². The van der Waals surface area contributed by atoms with Gasteiger partial charge in [0.15, 0.2) is 5.82 Å². The quantitative estimate of drug-likeness (QED) is 0.0849. The van der Waals surface area contributed by atoms with Crippen molar-refractivity contribution in [1.29, 1.82) is 0 Å². The Hall–Kier alpha value is -3.93. The van der Waals surface area contributed by atoms with Crippen LogP contribution in [0.15, 0.2) is 71.1 Å². The lowest BCUT2D eigenvalue weighted by atomic mass is 10.0. The lowest BCUT2D eigenvalue weighted by molar-refractivity contribution is 0.111. The molecule has 228 valence electrons. The molecule has 2 aromatic carbocycles. The zero-order chi connectivity index (χ0) is 31.1. The van der Waals surface area contributed by atoms with E-state index in [2.05, 4.69) is 26.9 Å². The maximum atomic E-state index is 15.1. The Kier molecular flexibility index (Phi) is 10.8. The number of aromatic nitrogens is 3. The zero-order valence-corrected chi connectivity index (χ0v) is 24.6. The number of nitrogens with two attached hydrogens (primary N) is 2. The molecule has 0 aliphatic rings. The largest absolute Gasteiger partial charge is 0.388 e. The van der Waals surface area contributed by atoms with E-state index in [1.54, 1.807) is 25.3 Å². The number of nitrogens with zero attached hydrogens (tertiary/aromatic N) is 3. The van der Waals surface area contributed by atoms with Crippen LogP contribution in [0, 0.1) is 5.82 Å². The van der Waals surface area contributed by atoms with Crippen molar-refractivity contribution in [2.45, 2.75) is 57.7 Å². The van der Waals surface area contributed by atoms with E-state index in [0.717, 1.165) is 12.0 Å². The number of H-pyrrole nitrogens is 1. The fourth-order valence-electron chi connectivity index (χ4n) is 4.68. The Morgan fingerprint density at radius 3 is 2.63 bits per heavy atom. The molecule has 2 aromatic heterocycles. The molecule has 8 nitrogen and oxygen atoms in total.